The first-order valence-corrected chi connectivity index (χ1v) is 5.21. The summed E-state index contributed by atoms with van der Waals surface area (Å²) in [7, 11) is 0. The van der Waals surface area contributed by atoms with Crippen LogP contribution in [0.15, 0.2) is 12.4 Å². The minimum absolute atomic E-state index is 0.00347. The number of nitrogens with zero attached hydrogens (tertiary/aromatic N) is 2. The normalized spacial score (nSPS) is 15.2. The number of hydrogen-bond acceptors (Lipinski definition) is 4. The molecule has 1 aliphatic carbocycles. The summed E-state index contributed by atoms with van der Waals surface area (Å²) in [5.41, 5.74) is 0.00347. The van der Waals surface area contributed by atoms with Gasteiger partial charge >= 0.3 is 5.69 Å². The van der Waals surface area contributed by atoms with E-state index in [1.165, 1.54) is 12.4 Å². The highest BCUT2D eigenvalue weighted by Gasteiger charge is 2.26. The minimum Gasteiger partial charge on any atom is -0.487 e. The largest absolute Gasteiger partial charge is 0.487 e. The van der Waals surface area contributed by atoms with Crippen molar-refractivity contribution in [2.45, 2.75) is 18.9 Å². The standard InChI is InChI=1S/C8H7IN2O3/c9-8-6(11(12)13)3-10-4-7(8)14-5-1-2-5/h3-5H,1-2H2. The Balaban J connectivity index is 2.30. The zero-order valence-corrected chi connectivity index (χ0v) is 9.30. The summed E-state index contributed by atoms with van der Waals surface area (Å²) in [6.07, 6.45) is 5.04. The van der Waals surface area contributed by atoms with Gasteiger partial charge in [0, 0.05) is 0 Å². The number of nitro groups is 1. The maximum atomic E-state index is 10.6. The van der Waals surface area contributed by atoms with Gasteiger partial charge in [0.2, 0.25) is 0 Å². The molecule has 6 heteroatoms. The molecule has 1 fully saturated rings. The quantitative estimate of drug-likeness (QED) is 0.487. The molecule has 0 bridgehead atoms. The molecule has 1 saturated carbocycles. The van der Waals surface area contributed by atoms with Gasteiger partial charge in [-0.2, -0.15) is 0 Å². The molecular weight excluding hydrogens is 299 g/mol. The van der Waals surface area contributed by atoms with Gasteiger partial charge in [0.05, 0.1) is 17.2 Å². The Morgan fingerprint density at radius 3 is 2.86 bits per heavy atom. The van der Waals surface area contributed by atoms with Gasteiger partial charge in [0.15, 0.2) is 5.75 Å². The van der Waals surface area contributed by atoms with Gasteiger partial charge in [-0.15, -0.1) is 0 Å². The molecule has 14 heavy (non-hydrogen) atoms. The lowest BCUT2D eigenvalue weighted by atomic mass is 10.4. The first-order chi connectivity index (χ1) is 6.68. The van der Waals surface area contributed by atoms with Crippen molar-refractivity contribution in [1.82, 2.24) is 4.98 Å². The minimum atomic E-state index is -0.450. The molecule has 0 radical (unpaired) electrons. The third-order valence-corrected chi connectivity index (χ3v) is 2.93. The van der Waals surface area contributed by atoms with E-state index in [9.17, 15) is 10.1 Å². The van der Waals surface area contributed by atoms with Gasteiger partial charge in [-0.1, -0.05) is 0 Å². The molecule has 1 aromatic rings. The van der Waals surface area contributed by atoms with Crippen molar-refractivity contribution < 1.29 is 9.66 Å². The van der Waals surface area contributed by atoms with Crippen LogP contribution in [0.3, 0.4) is 0 Å². The summed E-state index contributed by atoms with van der Waals surface area (Å²) in [5, 5.41) is 10.6. The van der Waals surface area contributed by atoms with Crippen LogP contribution < -0.4 is 4.74 Å². The van der Waals surface area contributed by atoms with E-state index in [-0.39, 0.29) is 11.8 Å². The zero-order chi connectivity index (χ0) is 10.1. The molecule has 0 aliphatic heterocycles. The van der Waals surface area contributed by atoms with Gasteiger partial charge in [-0.3, -0.25) is 15.1 Å². The van der Waals surface area contributed by atoms with Crippen molar-refractivity contribution >= 4 is 28.3 Å². The summed E-state index contributed by atoms with van der Waals surface area (Å²) >= 11 is 1.91. The lowest BCUT2D eigenvalue weighted by Crippen LogP contribution is -2.01. The van der Waals surface area contributed by atoms with E-state index in [1.54, 1.807) is 0 Å². The van der Waals surface area contributed by atoms with Crippen molar-refractivity contribution in [2.75, 3.05) is 0 Å². The van der Waals surface area contributed by atoms with Crippen molar-refractivity contribution in [3.05, 3.63) is 26.1 Å². The average molecular weight is 306 g/mol. The molecule has 0 saturated heterocycles. The summed E-state index contributed by atoms with van der Waals surface area (Å²) in [6.45, 7) is 0. The van der Waals surface area contributed by atoms with Gasteiger partial charge in [0.1, 0.15) is 9.77 Å². The highest BCUT2D eigenvalue weighted by atomic mass is 127. The molecule has 74 valence electrons. The highest BCUT2D eigenvalue weighted by molar-refractivity contribution is 14.1. The number of aromatic nitrogens is 1. The molecule has 0 amide bonds. The van der Waals surface area contributed by atoms with E-state index < -0.39 is 4.92 Å². The maximum absolute atomic E-state index is 10.6. The smallest absolute Gasteiger partial charge is 0.304 e. The summed E-state index contributed by atoms with van der Waals surface area (Å²) in [4.78, 5) is 13.9. The highest BCUT2D eigenvalue weighted by Crippen LogP contribution is 2.33. The fourth-order valence-electron chi connectivity index (χ4n) is 0.990. The van der Waals surface area contributed by atoms with Crippen LogP contribution in [0, 0.1) is 13.7 Å². The van der Waals surface area contributed by atoms with Crippen LogP contribution in [-0.4, -0.2) is 16.0 Å². The predicted molar refractivity (Wildman–Crippen MR) is 57.3 cm³/mol. The maximum Gasteiger partial charge on any atom is 0.304 e. The SMILES string of the molecule is O=[N+]([O-])c1cncc(OC2CC2)c1I. The Morgan fingerprint density at radius 2 is 2.29 bits per heavy atom. The first kappa shape index (κ1) is 9.63. The molecule has 0 unspecified atom stereocenters. The second-order valence-electron chi connectivity index (χ2n) is 3.05. The van der Waals surface area contributed by atoms with E-state index in [0.29, 0.717) is 9.32 Å². The summed E-state index contributed by atoms with van der Waals surface area (Å²) in [5.74, 6) is 0.516. The molecule has 2 rings (SSSR count). The third kappa shape index (κ3) is 1.94. The van der Waals surface area contributed by atoms with Gasteiger partial charge in [-0.25, -0.2) is 0 Å². The summed E-state index contributed by atoms with van der Waals surface area (Å²) < 4.78 is 6.00. The Kier molecular flexibility index (Phi) is 2.53. The van der Waals surface area contributed by atoms with Gasteiger partial charge in [-0.05, 0) is 35.4 Å². The monoisotopic (exact) mass is 306 g/mol. The van der Waals surface area contributed by atoms with E-state index in [0.717, 1.165) is 12.8 Å². The number of rotatable bonds is 3. The van der Waals surface area contributed by atoms with Crippen LogP contribution >= 0.6 is 22.6 Å². The fourth-order valence-corrected chi connectivity index (χ4v) is 1.59. The Morgan fingerprint density at radius 1 is 1.57 bits per heavy atom. The van der Waals surface area contributed by atoms with Crippen LogP contribution in [0.1, 0.15) is 12.8 Å². The molecule has 0 aromatic carbocycles. The van der Waals surface area contributed by atoms with Crippen molar-refractivity contribution in [2.24, 2.45) is 0 Å². The van der Waals surface area contributed by atoms with Crippen LogP contribution in [0.2, 0.25) is 0 Å². The van der Waals surface area contributed by atoms with E-state index in [4.69, 9.17) is 4.74 Å². The molecule has 0 N–H and O–H groups in total. The zero-order valence-electron chi connectivity index (χ0n) is 7.14. The summed E-state index contributed by atoms with van der Waals surface area (Å²) in [6, 6.07) is 0. The third-order valence-electron chi connectivity index (χ3n) is 1.84. The topological polar surface area (TPSA) is 65.3 Å². The number of pyridine rings is 1. The fraction of sp³-hybridized carbons (Fsp3) is 0.375. The molecule has 5 nitrogen and oxygen atoms in total. The Hall–Kier alpha value is -0.920. The van der Waals surface area contributed by atoms with E-state index in [1.807, 2.05) is 22.6 Å². The van der Waals surface area contributed by atoms with Gasteiger partial charge < -0.3 is 4.74 Å². The van der Waals surface area contributed by atoms with Crippen LogP contribution in [0.5, 0.6) is 5.75 Å². The van der Waals surface area contributed by atoms with E-state index in [2.05, 4.69) is 4.98 Å². The Bertz CT molecular complexity index is 379. The van der Waals surface area contributed by atoms with E-state index >= 15 is 0 Å². The van der Waals surface area contributed by atoms with Crippen molar-refractivity contribution in [3.63, 3.8) is 0 Å². The molecule has 1 aliphatic rings. The lowest BCUT2D eigenvalue weighted by molar-refractivity contribution is -0.386. The van der Waals surface area contributed by atoms with Crippen molar-refractivity contribution in [1.29, 1.82) is 0 Å². The number of halogens is 1. The molecular formula is C8H7IN2O3. The molecule has 0 atom stereocenters. The second kappa shape index (κ2) is 3.68. The Labute approximate surface area is 93.8 Å². The van der Waals surface area contributed by atoms with Crippen molar-refractivity contribution in [3.8, 4) is 5.75 Å². The lowest BCUT2D eigenvalue weighted by Gasteiger charge is -2.05. The molecule has 0 spiro atoms. The number of ether oxygens (including phenoxy) is 1. The van der Waals surface area contributed by atoms with Gasteiger partial charge in [0.25, 0.3) is 0 Å². The van der Waals surface area contributed by atoms with Crippen LogP contribution in [0.25, 0.3) is 0 Å². The molecule has 1 heterocycles. The molecule has 1 aromatic heterocycles. The number of hydrogen-bond donors (Lipinski definition) is 0. The average Bonchev–Trinajstić information content (AvgIpc) is 2.92. The predicted octanol–water partition coefficient (Wildman–Crippen LogP) is 2.14. The first-order valence-electron chi connectivity index (χ1n) is 4.13. The second-order valence-corrected chi connectivity index (χ2v) is 4.12. The van der Waals surface area contributed by atoms with Crippen LogP contribution in [-0.2, 0) is 0 Å². The van der Waals surface area contributed by atoms with Crippen LogP contribution in [0.4, 0.5) is 5.69 Å².